The number of methoxy groups -OCH3 is 1. The first-order valence-electron chi connectivity index (χ1n) is 8.44. The van der Waals surface area contributed by atoms with Crippen molar-refractivity contribution in [2.75, 3.05) is 7.11 Å². The molecule has 0 aliphatic carbocycles. The predicted octanol–water partition coefficient (Wildman–Crippen LogP) is 3.66. The number of aromatic nitrogens is 1. The first-order chi connectivity index (χ1) is 12.0. The molecule has 0 radical (unpaired) electrons. The molecule has 1 heterocycles. The molecule has 0 N–H and O–H groups in total. The van der Waals surface area contributed by atoms with Crippen molar-refractivity contribution < 1.29 is 18.7 Å². The number of halogens is 1. The fraction of sp³-hybridized carbons (Fsp3) is 0.500. The van der Waals surface area contributed by atoms with Gasteiger partial charge >= 0.3 is 5.97 Å². The molecule has 0 aliphatic rings. The zero-order chi connectivity index (χ0) is 18.4. The summed E-state index contributed by atoms with van der Waals surface area (Å²) in [6.45, 7) is 4.01. The van der Waals surface area contributed by atoms with Crippen LogP contribution in [-0.4, -0.2) is 23.6 Å². The Labute approximate surface area is 150 Å². The normalized spacial score (nSPS) is 12.1. The second-order valence-electron chi connectivity index (χ2n) is 5.88. The average Bonchev–Trinajstić information content (AvgIpc) is 2.90. The van der Waals surface area contributed by atoms with Gasteiger partial charge in [-0.2, -0.15) is 4.99 Å². The molecule has 7 heteroatoms. The summed E-state index contributed by atoms with van der Waals surface area (Å²) in [4.78, 5) is 29.0. The van der Waals surface area contributed by atoms with Crippen molar-refractivity contribution in [1.29, 1.82) is 0 Å². The number of nitrogens with zero attached hydrogens (tertiary/aromatic N) is 2. The van der Waals surface area contributed by atoms with Gasteiger partial charge in [0, 0.05) is 5.92 Å². The van der Waals surface area contributed by atoms with Gasteiger partial charge < -0.3 is 9.30 Å². The van der Waals surface area contributed by atoms with Gasteiger partial charge in [-0.15, -0.1) is 0 Å². The molecule has 0 saturated heterocycles. The van der Waals surface area contributed by atoms with E-state index >= 15 is 0 Å². The second-order valence-corrected chi connectivity index (χ2v) is 6.89. The smallest absolute Gasteiger partial charge is 0.325 e. The third-order valence-corrected chi connectivity index (χ3v) is 5.03. The molecular weight excluding hydrogens is 343 g/mol. The highest BCUT2D eigenvalue weighted by atomic mass is 32.1. The monoisotopic (exact) mass is 366 g/mol. The molecule has 2 aromatic rings. The summed E-state index contributed by atoms with van der Waals surface area (Å²) in [6, 6.07) is 4.29. The molecule has 2 rings (SSSR count). The van der Waals surface area contributed by atoms with Gasteiger partial charge in [0.2, 0.25) is 0 Å². The molecule has 0 saturated carbocycles. The molecule has 25 heavy (non-hydrogen) atoms. The van der Waals surface area contributed by atoms with Gasteiger partial charge in [-0.3, -0.25) is 9.59 Å². The molecule has 1 aromatic carbocycles. The number of amides is 1. The van der Waals surface area contributed by atoms with E-state index < -0.39 is 5.97 Å². The summed E-state index contributed by atoms with van der Waals surface area (Å²) < 4.78 is 20.5. The van der Waals surface area contributed by atoms with Gasteiger partial charge in [-0.25, -0.2) is 4.39 Å². The molecule has 0 aliphatic heterocycles. The molecule has 5 nitrogen and oxygen atoms in total. The van der Waals surface area contributed by atoms with Crippen molar-refractivity contribution >= 4 is 33.4 Å². The van der Waals surface area contributed by atoms with Crippen LogP contribution in [0.15, 0.2) is 23.2 Å². The second kappa shape index (κ2) is 8.89. The van der Waals surface area contributed by atoms with Crippen LogP contribution in [0.25, 0.3) is 10.2 Å². The van der Waals surface area contributed by atoms with Crippen LogP contribution in [0.2, 0.25) is 0 Å². The van der Waals surface area contributed by atoms with Gasteiger partial charge in [0.05, 0.1) is 17.3 Å². The van der Waals surface area contributed by atoms with Crippen LogP contribution in [0.3, 0.4) is 0 Å². The van der Waals surface area contributed by atoms with Crippen LogP contribution in [0.4, 0.5) is 4.39 Å². The van der Waals surface area contributed by atoms with E-state index in [0.29, 0.717) is 15.0 Å². The Morgan fingerprint density at radius 2 is 1.96 bits per heavy atom. The van der Waals surface area contributed by atoms with Crippen LogP contribution >= 0.6 is 11.3 Å². The Morgan fingerprint density at radius 1 is 1.28 bits per heavy atom. The molecule has 0 spiro atoms. The van der Waals surface area contributed by atoms with Gasteiger partial charge in [0.15, 0.2) is 4.80 Å². The number of esters is 1. The fourth-order valence-electron chi connectivity index (χ4n) is 2.75. The van der Waals surface area contributed by atoms with E-state index in [0.717, 1.165) is 25.7 Å². The van der Waals surface area contributed by atoms with E-state index in [1.807, 2.05) is 13.8 Å². The Hall–Kier alpha value is -2.02. The van der Waals surface area contributed by atoms with Crippen molar-refractivity contribution in [3.05, 3.63) is 28.8 Å². The van der Waals surface area contributed by atoms with Gasteiger partial charge in [-0.1, -0.05) is 38.0 Å². The van der Waals surface area contributed by atoms with E-state index in [1.165, 1.54) is 30.6 Å². The SMILES string of the molecule is CCCC(CCC)C(=O)N=c1sc2cc(F)ccc2n1CC(=O)OC. The van der Waals surface area contributed by atoms with Crippen LogP contribution < -0.4 is 4.80 Å². The Kier molecular flexibility index (Phi) is 6.87. The minimum Gasteiger partial charge on any atom is -0.468 e. The van der Waals surface area contributed by atoms with Crippen molar-refractivity contribution in [2.24, 2.45) is 10.9 Å². The molecule has 1 aromatic heterocycles. The van der Waals surface area contributed by atoms with Crippen molar-refractivity contribution in [3.8, 4) is 0 Å². The first-order valence-corrected chi connectivity index (χ1v) is 9.26. The predicted molar refractivity (Wildman–Crippen MR) is 95.7 cm³/mol. The molecule has 0 bridgehead atoms. The van der Waals surface area contributed by atoms with Gasteiger partial charge in [0.1, 0.15) is 12.4 Å². The molecular formula is C18H23FN2O3S. The minimum atomic E-state index is -0.448. The third kappa shape index (κ3) is 4.75. The number of hydrogen-bond donors (Lipinski definition) is 0. The highest BCUT2D eigenvalue weighted by molar-refractivity contribution is 7.16. The molecule has 1 amide bonds. The Bertz CT molecular complexity index is 819. The fourth-order valence-corrected chi connectivity index (χ4v) is 3.81. The number of carbonyl (C=O) groups is 2. The summed E-state index contributed by atoms with van der Waals surface area (Å²) in [5.41, 5.74) is 0.658. The Morgan fingerprint density at radius 3 is 2.56 bits per heavy atom. The van der Waals surface area contributed by atoms with Crippen molar-refractivity contribution in [3.63, 3.8) is 0 Å². The standard InChI is InChI=1S/C18H23FN2O3S/c1-4-6-12(7-5-2)17(23)20-18-21(11-16(22)24-3)14-9-8-13(19)10-15(14)25-18/h8-10,12H,4-7,11H2,1-3H3. The topological polar surface area (TPSA) is 60.7 Å². The lowest BCUT2D eigenvalue weighted by Crippen LogP contribution is -2.24. The summed E-state index contributed by atoms with van der Waals surface area (Å²) in [5.74, 6) is -1.12. The van der Waals surface area contributed by atoms with E-state index in [1.54, 1.807) is 10.6 Å². The van der Waals surface area contributed by atoms with E-state index in [4.69, 9.17) is 4.74 Å². The summed E-state index contributed by atoms with van der Waals surface area (Å²) >= 11 is 1.20. The maximum Gasteiger partial charge on any atom is 0.325 e. The average molecular weight is 366 g/mol. The Balaban J connectivity index is 2.52. The number of fused-ring (bicyclic) bond motifs is 1. The highest BCUT2D eigenvalue weighted by Crippen LogP contribution is 2.20. The number of rotatable bonds is 7. The number of carbonyl (C=O) groups excluding carboxylic acids is 2. The number of ether oxygens (including phenoxy) is 1. The number of thiazole rings is 1. The van der Waals surface area contributed by atoms with Crippen molar-refractivity contribution in [2.45, 2.75) is 46.1 Å². The highest BCUT2D eigenvalue weighted by Gasteiger charge is 2.18. The van der Waals surface area contributed by atoms with E-state index in [2.05, 4.69) is 4.99 Å². The van der Waals surface area contributed by atoms with Gasteiger partial charge in [0.25, 0.3) is 5.91 Å². The number of benzene rings is 1. The van der Waals surface area contributed by atoms with Crippen LogP contribution in [0.5, 0.6) is 0 Å². The summed E-state index contributed by atoms with van der Waals surface area (Å²) in [6.07, 6.45) is 3.39. The van der Waals surface area contributed by atoms with E-state index in [9.17, 15) is 14.0 Å². The zero-order valence-electron chi connectivity index (χ0n) is 14.8. The molecule has 136 valence electrons. The van der Waals surface area contributed by atoms with Gasteiger partial charge in [-0.05, 0) is 31.0 Å². The minimum absolute atomic E-state index is 0.0690. The van der Waals surface area contributed by atoms with Crippen LogP contribution in [0, 0.1) is 11.7 Å². The maximum atomic E-state index is 13.5. The summed E-state index contributed by atoms with van der Waals surface area (Å²) in [5, 5.41) is 0. The zero-order valence-corrected chi connectivity index (χ0v) is 15.6. The molecule has 0 atom stereocenters. The van der Waals surface area contributed by atoms with E-state index in [-0.39, 0.29) is 24.2 Å². The summed E-state index contributed by atoms with van der Waals surface area (Å²) in [7, 11) is 1.30. The quantitative estimate of drug-likeness (QED) is 0.703. The number of hydrogen-bond acceptors (Lipinski definition) is 4. The van der Waals surface area contributed by atoms with Crippen LogP contribution in [0.1, 0.15) is 39.5 Å². The molecule has 0 fully saturated rings. The van der Waals surface area contributed by atoms with Crippen LogP contribution in [-0.2, 0) is 20.9 Å². The lowest BCUT2D eigenvalue weighted by Gasteiger charge is -2.10. The lowest BCUT2D eigenvalue weighted by molar-refractivity contribution is -0.141. The lowest BCUT2D eigenvalue weighted by atomic mass is 9.98. The third-order valence-electron chi connectivity index (χ3n) is 3.99. The van der Waals surface area contributed by atoms with Crippen molar-refractivity contribution in [1.82, 2.24) is 4.57 Å². The largest absolute Gasteiger partial charge is 0.468 e. The molecule has 0 unspecified atom stereocenters. The maximum absolute atomic E-state index is 13.5. The first kappa shape index (κ1) is 19.3.